The molecule has 29 heavy (non-hydrogen) atoms. The summed E-state index contributed by atoms with van der Waals surface area (Å²) in [5.41, 5.74) is 1.22. The number of thiophene rings is 2. The first-order chi connectivity index (χ1) is 14.2. The standard InChI is InChI=1S/C20H21N5OS3/c1-12-13(2)28-18-16(12)19(22-17(21-18)14-7-6-10-27-14)29-20-24-23-15(26-20)11-25-8-4-3-5-9-25/h6-7,10H,3-5,8-9,11H2,1-2H3. The number of piperidine rings is 1. The molecule has 0 aliphatic carbocycles. The molecule has 4 aromatic rings. The summed E-state index contributed by atoms with van der Waals surface area (Å²) in [7, 11) is 0. The molecule has 150 valence electrons. The third-order valence-corrected chi connectivity index (χ3v) is 7.97. The Balaban J connectivity index is 1.46. The van der Waals surface area contributed by atoms with E-state index in [9.17, 15) is 0 Å². The third-order valence-electron chi connectivity index (χ3n) is 5.18. The van der Waals surface area contributed by atoms with E-state index in [2.05, 4.69) is 35.0 Å². The van der Waals surface area contributed by atoms with Crippen molar-refractivity contribution >= 4 is 44.7 Å². The molecule has 0 atom stereocenters. The number of likely N-dealkylation sites (tertiary alicyclic amines) is 1. The van der Waals surface area contributed by atoms with Crippen molar-refractivity contribution < 1.29 is 4.42 Å². The molecule has 0 N–H and O–H groups in total. The van der Waals surface area contributed by atoms with Gasteiger partial charge in [0.2, 0.25) is 5.89 Å². The summed E-state index contributed by atoms with van der Waals surface area (Å²) in [6, 6.07) is 4.08. The zero-order valence-electron chi connectivity index (χ0n) is 16.3. The molecular weight excluding hydrogens is 422 g/mol. The van der Waals surface area contributed by atoms with Crippen molar-refractivity contribution in [1.82, 2.24) is 25.1 Å². The first-order valence-electron chi connectivity index (χ1n) is 9.71. The van der Waals surface area contributed by atoms with Crippen LogP contribution in [0, 0.1) is 13.8 Å². The zero-order valence-corrected chi connectivity index (χ0v) is 18.8. The summed E-state index contributed by atoms with van der Waals surface area (Å²) in [6.45, 7) is 7.19. The Bertz CT molecular complexity index is 1130. The molecule has 4 aromatic heterocycles. The molecule has 0 aromatic carbocycles. The van der Waals surface area contributed by atoms with Gasteiger partial charge in [0.15, 0.2) is 5.82 Å². The lowest BCUT2D eigenvalue weighted by molar-refractivity contribution is 0.197. The van der Waals surface area contributed by atoms with Crippen molar-refractivity contribution in [3.05, 3.63) is 33.8 Å². The van der Waals surface area contributed by atoms with E-state index in [0.29, 0.717) is 11.1 Å². The molecule has 5 rings (SSSR count). The van der Waals surface area contributed by atoms with Crippen molar-refractivity contribution in [3.63, 3.8) is 0 Å². The van der Waals surface area contributed by atoms with Gasteiger partial charge >= 0.3 is 0 Å². The van der Waals surface area contributed by atoms with E-state index in [1.165, 1.54) is 41.5 Å². The number of fused-ring (bicyclic) bond motifs is 1. The van der Waals surface area contributed by atoms with Crippen molar-refractivity contribution in [2.24, 2.45) is 0 Å². The lowest BCUT2D eigenvalue weighted by atomic mass is 10.1. The molecule has 6 nitrogen and oxygen atoms in total. The maximum Gasteiger partial charge on any atom is 0.283 e. The van der Waals surface area contributed by atoms with Gasteiger partial charge in [0.25, 0.3) is 5.22 Å². The minimum atomic E-state index is 0.539. The van der Waals surface area contributed by atoms with Crippen molar-refractivity contribution in [3.8, 4) is 10.7 Å². The molecular formula is C20H21N5OS3. The fraction of sp³-hybridized carbons (Fsp3) is 0.400. The largest absolute Gasteiger partial charge is 0.414 e. The molecule has 9 heteroatoms. The summed E-state index contributed by atoms with van der Waals surface area (Å²) in [6.07, 6.45) is 3.81. The smallest absolute Gasteiger partial charge is 0.283 e. The number of hydrogen-bond donors (Lipinski definition) is 0. The summed E-state index contributed by atoms with van der Waals surface area (Å²) in [5.74, 6) is 1.43. The second-order valence-electron chi connectivity index (χ2n) is 7.19. The van der Waals surface area contributed by atoms with Crippen LogP contribution in [0.25, 0.3) is 20.9 Å². The van der Waals surface area contributed by atoms with Gasteiger partial charge in [-0.15, -0.1) is 32.9 Å². The van der Waals surface area contributed by atoms with Crippen molar-refractivity contribution in [2.75, 3.05) is 13.1 Å². The summed E-state index contributed by atoms with van der Waals surface area (Å²) in [5, 5.41) is 13.1. The van der Waals surface area contributed by atoms with Crippen molar-refractivity contribution in [1.29, 1.82) is 0 Å². The average Bonchev–Trinajstić information content (AvgIpc) is 3.45. The number of aromatic nitrogens is 4. The van der Waals surface area contributed by atoms with Crippen LogP contribution < -0.4 is 0 Å². The third kappa shape index (κ3) is 3.96. The Morgan fingerprint density at radius 3 is 2.79 bits per heavy atom. The van der Waals surface area contributed by atoms with Gasteiger partial charge in [-0.05, 0) is 68.6 Å². The number of rotatable bonds is 5. The van der Waals surface area contributed by atoms with E-state index in [1.54, 1.807) is 22.7 Å². The average molecular weight is 444 g/mol. The van der Waals surface area contributed by atoms with E-state index in [1.807, 2.05) is 11.4 Å². The van der Waals surface area contributed by atoms with E-state index >= 15 is 0 Å². The lowest BCUT2D eigenvalue weighted by Gasteiger charge is -2.24. The SMILES string of the molecule is Cc1sc2nc(-c3cccs3)nc(Sc3nnc(CN4CCCCC4)o3)c2c1C. The van der Waals surface area contributed by atoms with Gasteiger partial charge in [-0.1, -0.05) is 12.5 Å². The highest BCUT2D eigenvalue weighted by atomic mass is 32.2. The van der Waals surface area contributed by atoms with Gasteiger partial charge in [-0.2, -0.15) is 0 Å². The highest BCUT2D eigenvalue weighted by molar-refractivity contribution is 7.99. The molecule has 1 saturated heterocycles. The second kappa shape index (κ2) is 8.14. The van der Waals surface area contributed by atoms with E-state index in [-0.39, 0.29) is 0 Å². The minimum absolute atomic E-state index is 0.539. The topological polar surface area (TPSA) is 67.9 Å². The van der Waals surface area contributed by atoms with Crippen LogP contribution >= 0.6 is 34.4 Å². The van der Waals surface area contributed by atoms with Gasteiger partial charge in [-0.25, -0.2) is 9.97 Å². The van der Waals surface area contributed by atoms with Gasteiger partial charge in [0, 0.05) is 10.3 Å². The number of hydrogen-bond acceptors (Lipinski definition) is 9. The molecule has 1 fully saturated rings. The van der Waals surface area contributed by atoms with E-state index in [0.717, 1.165) is 45.6 Å². The van der Waals surface area contributed by atoms with Gasteiger partial charge in [-0.3, -0.25) is 4.90 Å². The fourth-order valence-electron chi connectivity index (χ4n) is 3.54. The quantitative estimate of drug-likeness (QED) is 0.374. The molecule has 1 aliphatic heterocycles. The summed E-state index contributed by atoms with van der Waals surface area (Å²) in [4.78, 5) is 15.4. The monoisotopic (exact) mass is 443 g/mol. The van der Waals surface area contributed by atoms with Gasteiger partial charge in [0.05, 0.1) is 11.4 Å². The number of nitrogens with zero attached hydrogens (tertiary/aromatic N) is 5. The molecule has 0 bridgehead atoms. The molecule has 0 unspecified atom stereocenters. The Labute approximate surface area is 181 Å². The molecule has 0 saturated carbocycles. The first-order valence-corrected chi connectivity index (χ1v) is 12.2. The maximum absolute atomic E-state index is 5.96. The zero-order chi connectivity index (χ0) is 19.8. The Hall–Kier alpha value is -1.81. The minimum Gasteiger partial charge on any atom is -0.414 e. The predicted molar refractivity (Wildman–Crippen MR) is 118 cm³/mol. The van der Waals surface area contributed by atoms with Crippen LogP contribution in [-0.2, 0) is 6.54 Å². The molecule has 0 radical (unpaired) electrons. The van der Waals surface area contributed by atoms with Gasteiger partial charge < -0.3 is 4.42 Å². The van der Waals surface area contributed by atoms with Crippen LogP contribution in [0.5, 0.6) is 0 Å². The molecule has 5 heterocycles. The molecule has 0 spiro atoms. The Morgan fingerprint density at radius 2 is 2.00 bits per heavy atom. The summed E-state index contributed by atoms with van der Waals surface area (Å²) >= 11 is 4.80. The fourth-order valence-corrected chi connectivity index (χ4v) is 6.16. The highest BCUT2D eigenvalue weighted by Crippen LogP contribution is 2.39. The molecule has 0 amide bonds. The van der Waals surface area contributed by atoms with Crippen molar-refractivity contribution in [2.45, 2.75) is 49.9 Å². The highest BCUT2D eigenvalue weighted by Gasteiger charge is 2.20. The van der Waals surface area contributed by atoms with Crippen LogP contribution in [-0.4, -0.2) is 38.2 Å². The second-order valence-corrected chi connectivity index (χ2v) is 10.3. The van der Waals surface area contributed by atoms with Crippen LogP contribution in [0.4, 0.5) is 0 Å². The Kier molecular flexibility index (Phi) is 5.38. The molecule has 1 aliphatic rings. The number of aryl methyl sites for hydroxylation is 2. The normalized spacial score (nSPS) is 15.4. The predicted octanol–water partition coefficient (Wildman–Crippen LogP) is 5.56. The summed E-state index contributed by atoms with van der Waals surface area (Å²) < 4.78 is 5.96. The van der Waals surface area contributed by atoms with Crippen LogP contribution in [0.1, 0.15) is 35.6 Å². The van der Waals surface area contributed by atoms with E-state index in [4.69, 9.17) is 14.4 Å². The first kappa shape index (κ1) is 19.2. The van der Waals surface area contributed by atoms with E-state index < -0.39 is 0 Å². The lowest BCUT2D eigenvalue weighted by Crippen LogP contribution is -2.29. The van der Waals surface area contributed by atoms with Crippen LogP contribution in [0.3, 0.4) is 0 Å². The van der Waals surface area contributed by atoms with Gasteiger partial charge in [0.1, 0.15) is 9.86 Å². The maximum atomic E-state index is 5.96. The Morgan fingerprint density at radius 1 is 1.14 bits per heavy atom. The van der Waals surface area contributed by atoms with Crippen LogP contribution in [0.15, 0.2) is 32.2 Å². The van der Waals surface area contributed by atoms with Crippen LogP contribution in [0.2, 0.25) is 0 Å².